The maximum Gasteiger partial charge on any atom is 0.262 e. The molecule has 1 atom stereocenters. The van der Waals surface area contributed by atoms with Crippen LogP contribution in [0.15, 0.2) is 53.6 Å². The number of benzene rings is 2. The van der Waals surface area contributed by atoms with Crippen molar-refractivity contribution < 1.29 is 23.5 Å². The van der Waals surface area contributed by atoms with Gasteiger partial charge in [0.15, 0.2) is 0 Å². The number of carbonyl (C=O) groups is 2. The van der Waals surface area contributed by atoms with Crippen LogP contribution in [0.2, 0.25) is 0 Å². The topological polar surface area (TPSA) is 71.4 Å². The predicted molar refractivity (Wildman–Crippen MR) is 123 cm³/mol. The lowest BCUT2D eigenvalue weighted by Crippen LogP contribution is -2.44. The second kappa shape index (κ2) is 11.0. The molecule has 3 rings (SSSR count). The van der Waals surface area contributed by atoms with Crippen molar-refractivity contribution in [3.8, 4) is 5.75 Å². The summed E-state index contributed by atoms with van der Waals surface area (Å²) in [5, 5.41) is 6.04. The third-order valence-electron chi connectivity index (χ3n) is 5.54. The first kappa shape index (κ1) is 24.4. The zero-order chi connectivity index (χ0) is 24.0. The molecule has 2 aromatic carbocycles. The molecule has 0 fully saturated rings. The van der Waals surface area contributed by atoms with Crippen molar-refractivity contribution in [2.24, 2.45) is 11.0 Å². The summed E-state index contributed by atoms with van der Waals surface area (Å²) in [6.45, 7) is 4.14. The van der Waals surface area contributed by atoms with E-state index in [4.69, 9.17) is 9.47 Å². The lowest BCUT2D eigenvalue weighted by molar-refractivity contribution is -0.143. The fourth-order valence-electron chi connectivity index (χ4n) is 3.71. The van der Waals surface area contributed by atoms with Crippen LogP contribution >= 0.6 is 0 Å². The van der Waals surface area contributed by atoms with Gasteiger partial charge in [-0.3, -0.25) is 9.59 Å². The van der Waals surface area contributed by atoms with Gasteiger partial charge in [0.1, 0.15) is 18.1 Å². The molecule has 2 amide bonds. The molecule has 0 aliphatic carbocycles. The van der Waals surface area contributed by atoms with Gasteiger partial charge < -0.3 is 14.4 Å². The standard InChI is InChI=1S/C25H30FN3O4/c1-17(2)25(31)28(13-14-32-3)16-24(30)29-23(19-7-11-21(33-4)12-8-19)15-22(27-29)18-5-9-20(26)10-6-18/h5-12,17,23H,13-16H2,1-4H3/t23-/m0/s1. The average Bonchev–Trinajstić information content (AvgIpc) is 3.27. The van der Waals surface area contributed by atoms with Crippen molar-refractivity contribution in [3.05, 3.63) is 65.5 Å². The van der Waals surface area contributed by atoms with E-state index in [-0.39, 0.29) is 36.1 Å². The molecule has 33 heavy (non-hydrogen) atoms. The smallest absolute Gasteiger partial charge is 0.262 e. The first-order valence-corrected chi connectivity index (χ1v) is 10.9. The summed E-state index contributed by atoms with van der Waals surface area (Å²) in [4.78, 5) is 27.5. The monoisotopic (exact) mass is 455 g/mol. The zero-order valence-electron chi connectivity index (χ0n) is 19.5. The summed E-state index contributed by atoms with van der Waals surface area (Å²) in [5.41, 5.74) is 2.33. The van der Waals surface area contributed by atoms with Crippen molar-refractivity contribution in [1.82, 2.24) is 9.91 Å². The normalized spacial score (nSPS) is 15.5. The molecular weight excluding hydrogens is 425 g/mol. The summed E-state index contributed by atoms with van der Waals surface area (Å²) in [6, 6.07) is 13.2. The molecule has 0 aromatic heterocycles. The van der Waals surface area contributed by atoms with Crippen molar-refractivity contribution in [3.63, 3.8) is 0 Å². The number of hydrogen-bond donors (Lipinski definition) is 0. The fraction of sp³-hybridized carbons (Fsp3) is 0.400. The Morgan fingerprint density at radius 2 is 1.79 bits per heavy atom. The fourth-order valence-corrected chi connectivity index (χ4v) is 3.71. The summed E-state index contributed by atoms with van der Waals surface area (Å²) in [7, 11) is 3.15. The van der Waals surface area contributed by atoms with Gasteiger partial charge in [-0.15, -0.1) is 0 Å². The van der Waals surface area contributed by atoms with Gasteiger partial charge in [0.2, 0.25) is 5.91 Å². The third-order valence-corrected chi connectivity index (χ3v) is 5.54. The predicted octanol–water partition coefficient (Wildman–Crippen LogP) is 3.64. The molecule has 0 N–H and O–H groups in total. The minimum atomic E-state index is -0.345. The Morgan fingerprint density at radius 3 is 2.36 bits per heavy atom. The van der Waals surface area contributed by atoms with Crippen LogP contribution in [0.25, 0.3) is 0 Å². The second-order valence-corrected chi connectivity index (χ2v) is 8.19. The van der Waals surface area contributed by atoms with E-state index in [1.807, 2.05) is 24.3 Å². The largest absolute Gasteiger partial charge is 0.497 e. The Hall–Kier alpha value is -3.26. The quantitative estimate of drug-likeness (QED) is 0.579. The van der Waals surface area contributed by atoms with Gasteiger partial charge in [-0.1, -0.05) is 38.1 Å². The number of halogens is 1. The van der Waals surface area contributed by atoms with Gasteiger partial charge in [-0.25, -0.2) is 9.40 Å². The van der Waals surface area contributed by atoms with Gasteiger partial charge in [0.25, 0.3) is 5.91 Å². The van der Waals surface area contributed by atoms with Crippen molar-refractivity contribution >= 4 is 17.5 Å². The number of amides is 2. The first-order valence-electron chi connectivity index (χ1n) is 10.9. The lowest BCUT2D eigenvalue weighted by atomic mass is 9.98. The molecule has 0 radical (unpaired) electrons. The van der Waals surface area contributed by atoms with Crippen LogP contribution in [0.3, 0.4) is 0 Å². The third kappa shape index (κ3) is 5.96. The second-order valence-electron chi connectivity index (χ2n) is 8.19. The molecule has 8 heteroatoms. The van der Waals surface area contributed by atoms with E-state index in [0.717, 1.165) is 11.1 Å². The molecule has 2 aromatic rings. The van der Waals surface area contributed by atoms with E-state index < -0.39 is 0 Å². The van der Waals surface area contributed by atoms with E-state index in [1.54, 1.807) is 40.2 Å². The maximum absolute atomic E-state index is 13.4. The van der Waals surface area contributed by atoms with Crippen LogP contribution in [0.5, 0.6) is 5.75 Å². The van der Waals surface area contributed by atoms with Gasteiger partial charge in [-0.2, -0.15) is 5.10 Å². The molecule has 0 saturated carbocycles. The SMILES string of the molecule is COCCN(CC(=O)N1N=C(c2ccc(F)cc2)C[C@H]1c1ccc(OC)cc1)C(=O)C(C)C. The Morgan fingerprint density at radius 1 is 1.12 bits per heavy atom. The van der Waals surface area contributed by atoms with Gasteiger partial charge in [0, 0.05) is 26.0 Å². The van der Waals surface area contributed by atoms with Crippen molar-refractivity contribution in [1.29, 1.82) is 0 Å². The number of nitrogens with zero attached hydrogens (tertiary/aromatic N) is 3. The highest BCUT2D eigenvalue weighted by Crippen LogP contribution is 2.33. The molecule has 0 spiro atoms. The molecule has 176 valence electrons. The molecule has 1 aliphatic heterocycles. The van der Waals surface area contributed by atoms with E-state index >= 15 is 0 Å². The van der Waals surface area contributed by atoms with Crippen LogP contribution in [0, 0.1) is 11.7 Å². The molecule has 7 nitrogen and oxygen atoms in total. The van der Waals surface area contributed by atoms with E-state index in [0.29, 0.717) is 31.0 Å². The average molecular weight is 456 g/mol. The highest BCUT2D eigenvalue weighted by atomic mass is 19.1. The number of ether oxygens (including phenoxy) is 2. The molecule has 1 aliphatic rings. The Kier molecular flexibility index (Phi) is 8.16. The minimum absolute atomic E-state index is 0.104. The van der Waals surface area contributed by atoms with Gasteiger partial charge in [-0.05, 0) is 35.4 Å². The van der Waals surface area contributed by atoms with Crippen molar-refractivity contribution in [2.75, 3.05) is 33.9 Å². The van der Waals surface area contributed by atoms with Crippen LogP contribution < -0.4 is 4.74 Å². The molecule has 1 heterocycles. The number of rotatable bonds is 9. The summed E-state index contributed by atoms with van der Waals surface area (Å²) < 4.78 is 23.8. The first-order chi connectivity index (χ1) is 15.8. The number of carbonyl (C=O) groups excluding carboxylic acids is 2. The molecule has 0 saturated heterocycles. The zero-order valence-corrected chi connectivity index (χ0v) is 19.5. The van der Waals surface area contributed by atoms with Crippen LogP contribution in [-0.2, 0) is 14.3 Å². The number of methoxy groups -OCH3 is 2. The Bertz CT molecular complexity index is 990. The van der Waals surface area contributed by atoms with Gasteiger partial charge in [0.05, 0.1) is 25.5 Å². The Labute approximate surface area is 193 Å². The number of hydrogen-bond acceptors (Lipinski definition) is 5. The minimum Gasteiger partial charge on any atom is -0.497 e. The molecule has 0 unspecified atom stereocenters. The lowest BCUT2D eigenvalue weighted by Gasteiger charge is -2.28. The van der Waals surface area contributed by atoms with Crippen LogP contribution in [0.1, 0.15) is 37.4 Å². The summed E-state index contributed by atoms with van der Waals surface area (Å²) in [5.74, 6) is -0.286. The highest BCUT2D eigenvalue weighted by Gasteiger charge is 2.34. The number of hydrazone groups is 1. The van der Waals surface area contributed by atoms with Crippen molar-refractivity contribution in [2.45, 2.75) is 26.3 Å². The Balaban J connectivity index is 1.90. The van der Waals surface area contributed by atoms with Crippen LogP contribution in [0.4, 0.5) is 4.39 Å². The summed E-state index contributed by atoms with van der Waals surface area (Å²) >= 11 is 0. The highest BCUT2D eigenvalue weighted by molar-refractivity contribution is 6.03. The van der Waals surface area contributed by atoms with Gasteiger partial charge >= 0.3 is 0 Å². The van der Waals surface area contributed by atoms with E-state index in [1.165, 1.54) is 22.0 Å². The van der Waals surface area contributed by atoms with E-state index in [2.05, 4.69) is 5.10 Å². The molecule has 0 bridgehead atoms. The van der Waals surface area contributed by atoms with E-state index in [9.17, 15) is 14.0 Å². The molecular formula is C25H30FN3O4. The summed E-state index contributed by atoms with van der Waals surface area (Å²) in [6.07, 6.45) is 0.472. The maximum atomic E-state index is 13.4. The van der Waals surface area contributed by atoms with Crippen LogP contribution in [-0.4, -0.2) is 61.4 Å².